The first-order valence-corrected chi connectivity index (χ1v) is 7.57. The van der Waals surface area contributed by atoms with Gasteiger partial charge in [-0.3, -0.25) is 0 Å². The number of ether oxygens (including phenoxy) is 3. The molecule has 0 aliphatic rings. The van der Waals surface area contributed by atoms with Gasteiger partial charge in [0.1, 0.15) is 21.7 Å². The Labute approximate surface area is 145 Å². The molecular weight excluding hydrogens is 391 g/mol. The lowest BCUT2D eigenvalue weighted by Gasteiger charge is -2.17. The molecule has 0 amide bonds. The summed E-state index contributed by atoms with van der Waals surface area (Å²) in [6, 6.07) is 8.29. The molecule has 24 heavy (non-hydrogen) atoms. The van der Waals surface area contributed by atoms with E-state index < -0.39 is 12.4 Å². The number of rotatable bonds is 5. The van der Waals surface area contributed by atoms with Crippen LogP contribution in [-0.4, -0.2) is 20.6 Å². The van der Waals surface area contributed by atoms with Crippen molar-refractivity contribution in [2.24, 2.45) is 5.73 Å². The molecule has 0 heterocycles. The monoisotopic (exact) mass is 405 g/mol. The normalized spacial score (nSPS) is 12.6. The molecule has 0 unspecified atom stereocenters. The molecule has 0 bridgehead atoms. The van der Waals surface area contributed by atoms with Crippen LogP contribution >= 0.6 is 15.9 Å². The lowest BCUT2D eigenvalue weighted by Crippen LogP contribution is -2.17. The van der Waals surface area contributed by atoms with Crippen LogP contribution in [0.1, 0.15) is 17.2 Å². The lowest BCUT2D eigenvalue weighted by molar-refractivity contribution is -0.274. The Balaban J connectivity index is 2.30. The number of hydrogen-bond donors (Lipinski definition) is 1. The number of methoxy groups -OCH3 is 2. The van der Waals surface area contributed by atoms with Gasteiger partial charge in [0.15, 0.2) is 0 Å². The van der Waals surface area contributed by atoms with Gasteiger partial charge in [-0.1, -0.05) is 12.1 Å². The molecule has 1 atom stereocenters. The fraction of sp³-hybridized carbons (Fsp3) is 0.250. The molecule has 0 fully saturated rings. The third-order valence-corrected chi connectivity index (χ3v) is 4.08. The van der Waals surface area contributed by atoms with Crippen LogP contribution in [0.3, 0.4) is 0 Å². The SMILES string of the molecule is COc1cc([C@@H](N)c2ccc(OC(F)(F)F)cc2)cc(OC)c1Br. The summed E-state index contributed by atoms with van der Waals surface area (Å²) in [6.07, 6.45) is -4.73. The maximum Gasteiger partial charge on any atom is 0.573 e. The van der Waals surface area contributed by atoms with Crippen molar-refractivity contribution in [3.8, 4) is 17.2 Å². The number of nitrogens with two attached hydrogens (primary N) is 1. The molecule has 0 spiro atoms. The molecule has 8 heteroatoms. The number of hydrogen-bond acceptors (Lipinski definition) is 4. The third-order valence-electron chi connectivity index (χ3n) is 3.30. The summed E-state index contributed by atoms with van der Waals surface area (Å²) in [6.45, 7) is 0. The van der Waals surface area contributed by atoms with Crippen molar-refractivity contribution in [3.63, 3.8) is 0 Å². The second-order valence-electron chi connectivity index (χ2n) is 4.83. The van der Waals surface area contributed by atoms with E-state index in [1.54, 1.807) is 12.1 Å². The Kier molecular flexibility index (Phi) is 5.61. The van der Waals surface area contributed by atoms with Gasteiger partial charge >= 0.3 is 6.36 Å². The summed E-state index contributed by atoms with van der Waals surface area (Å²) in [4.78, 5) is 0. The van der Waals surface area contributed by atoms with Crippen molar-refractivity contribution >= 4 is 15.9 Å². The third kappa shape index (κ3) is 4.33. The standard InChI is InChI=1S/C16H15BrF3NO3/c1-22-12-7-10(8-13(23-2)14(12)17)15(21)9-3-5-11(6-4-9)24-16(18,19)20/h3-8,15H,21H2,1-2H3/t15-/m0/s1. The van der Waals surface area contributed by atoms with Gasteiger partial charge in [0.05, 0.1) is 20.3 Å². The van der Waals surface area contributed by atoms with Gasteiger partial charge in [-0.15, -0.1) is 13.2 Å². The number of benzene rings is 2. The van der Waals surface area contributed by atoms with Gasteiger partial charge < -0.3 is 19.9 Å². The molecule has 130 valence electrons. The van der Waals surface area contributed by atoms with E-state index in [1.165, 1.54) is 38.5 Å². The van der Waals surface area contributed by atoms with Crippen LogP contribution in [0.25, 0.3) is 0 Å². The predicted octanol–water partition coefficient (Wildman–Crippen LogP) is 4.41. The fourth-order valence-corrected chi connectivity index (χ4v) is 2.69. The van der Waals surface area contributed by atoms with Crippen molar-refractivity contribution in [1.29, 1.82) is 0 Å². The van der Waals surface area contributed by atoms with Gasteiger partial charge in [0.25, 0.3) is 0 Å². The van der Waals surface area contributed by atoms with E-state index in [4.69, 9.17) is 15.2 Å². The van der Waals surface area contributed by atoms with Crippen LogP contribution in [0.2, 0.25) is 0 Å². The van der Waals surface area contributed by atoms with E-state index >= 15 is 0 Å². The maximum atomic E-state index is 12.2. The van der Waals surface area contributed by atoms with Crippen LogP contribution in [0.15, 0.2) is 40.9 Å². The van der Waals surface area contributed by atoms with Crippen molar-refractivity contribution in [2.75, 3.05) is 14.2 Å². The summed E-state index contributed by atoms with van der Waals surface area (Å²) >= 11 is 3.36. The summed E-state index contributed by atoms with van der Waals surface area (Å²) in [5, 5.41) is 0. The van der Waals surface area contributed by atoms with Gasteiger partial charge in [-0.25, -0.2) is 0 Å². The van der Waals surface area contributed by atoms with E-state index in [1.807, 2.05) is 0 Å². The van der Waals surface area contributed by atoms with Gasteiger partial charge in [0.2, 0.25) is 0 Å². The van der Waals surface area contributed by atoms with Crippen LogP contribution in [0.4, 0.5) is 13.2 Å². The highest BCUT2D eigenvalue weighted by molar-refractivity contribution is 9.10. The van der Waals surface area contributed by atoms with Crippen molar-refractivity contribution in [2.45, 2.75) is 12.4 Å². The smallest absolute Gasteiger partial charge is 0.495 e. The first-order valence-electron chi connectivity index (χ1n) is 6.78. The molecule has 4 nitrogen and oxygen atoms in total. The first-order chi connectivity index (χ1) is 11.2. The molecule has 0 aliphatic heterocycles. The molecule has 2 rings (SSSR count). The molecule has 2 N–H and O–H groups in total. The minimum absolute atomic E-state index is 0.301. The quantitative estimate of drug-likeness (QED) is 0.799. The zero-order valence-corrected chi connectivity index (χ0v) is 14.4. The van der Waals surface area contributed by atoms with E-state index in [9.17, 15) is 13.2 Å². The van der Waals surface area contributed by atoms with E-state index in [-0.39, 0.29) is 5.75 Å². The van der Waals surface area contributed by atoms with Crippen molar-refractivity contribution in [1.82, 2.24) is 0 Å². The van der Waals surface area contributed by atoms with Crippen LogP contribution < -0.4 is 19.9 Å². The molecule has 2 aromatic carbocycles. The Hall–Kier alpha value is -1.93. The van der Waals surface area contributed by atoms with Crippen molar-refractivity contribution in [3.05, 3.63) is 52.0 Å². The average Bonchev–Trinajstić information content (AvgIpc) is 2.53. The van der Waals surface area contributed by atoms with Crippen LogP contribution in [0.5, 0.6) is 17.2 Å². The molecular formula is C16H15BrF3NO3. The lowest BCUT2D eigenvalue weighted by atomic mass is 9.99. The summed E-state index contributed by atoms with van der Waals surface area (Å²) < 4.78 is 51.6. The van der Waals surface area contributed by atoms with E-state index in [2.05, 4.69) is 20.7 Å². The molecule has 0 saturated heterocycles. The highest BCUT2D eigenvalue weighted by Gasteiger charge is 2.31. The van der Waals surface area contributed by atoms with E-state index in [0.29, 0.717) is 27.1 Å². The van der Waals surface area contributed by atoms with E-state index in [0.717, 1.165) is 0 Å². The molecule has 0 aromatic heterocycles. The topological polar surface area (TPSA) is 53.7 Å². The van der Waals surface area contributed by atoms with Crippen LogP contribution in [0, 0.1) is 0 Å². The number of alkyl halides is 3. The molecule has 0 saturated carbocycles. The second kappa shape index (κ2) is 7.31. The largest absolute Gasteiger partial charge is 0.573 e. The molecule has 2 aromatic rings. The Morgan fingerprint density at radius 2 is 1.46 bits per heavy atom. The number of halogens is 4. The maximum absolute atomic E-state index is 12.2. The summed E-state index contributed by atoms with van der Waals surface area (Å²) in [7, 11) is 3.02. The Morgan fingerprint density at radius 3 is 1.88 bits per heavy atom. The average molecular weight is 406 g/mol. The van der Waals surface area contributed by atoms with Crippen molar-refractivity contribution < 1.29 is 27.4 Å². The van der Waals surface area contributed by atoms with Gasteiger partial charge in [-0.2, -0.15) is 0 Å². The van der Waals surface area contributed by atoms with Crippen LogP contribution in [-0.2, 0) is 0 Å². The predicted molar refractivity (Wildman–Crippen MR) is 86.4 cm³/mol. The van der Waals surface area contributed by atoms with Gasteiger partial charge in [0, 0.05) is 0 Å². The minimum atomic E-state index is -4.73. The zero-order valence-electron chi connectivity index (χ0n) is 12.9. The van der Waals surface area contributed by atoms with Gasteiger partial charge in [-0.05, 0) is 51.3 Å². The highest BCUT2D eigenvalue weighted by Crippen LogP contribution is 2.38. The highest BCUT2D eigenvalue weighted by atomic mass is 79.9. The summed E-state index contributed by atoms with van der Waals surface area (Å²) in [5.41, 5.74) is 7.51. The second-order valence-corrected chi connectivity index (χ2v) is 5.63. The minimum Gasteiger partial charge on any atom is -0.495 e. The molecule has 0 radical (unpaired) electrons. The molecule has 0 aliphatic carbocycles. The fourth-order valence-electron chi connectivity index (χ4n) is 2.14. The summed E-state index contributed by atoms with van der Waals surface area (Å²) in [5.74, 6) is 0.776. The first kappa shape index (κ1) is 18.4. The zero-order chi connectivity index (χ0) is 17.9. The Bertz CT molecular complexity index is 680. The Morgan fingerprint density at radius 1 is 0.958 bits per heavy atom.